The van der Waals surface area contributed by atoms with E-state index in [1.165, 1.54) is 0 Å². The molecular formula is C10H21N2OP. The van der Waals surface area contributed by atoms with Gasteiger partial charge < -0.3 is 5.21 Å². The minimum absolute atomic E-state index is 0.114. The van der Waals surface area contributed by atoms with E-state index in [1.54, 1.807) is 0 Å². The van der Waals surface area contributed by atoms with E-state index in [2.05, 4.69) is 19.3 Å². The van der Waals surface area contributed by atoms with Crippen molar-refractivity contribution in [2.75, 3.05) is 0 Å². The van der Waals surface area contributed by atoms with Crippen LogP contribution in [0.1, 0.15) is 41.5 Å². The van der Waals surface area contributed by atoms with Crippen molar-refractivity contribution < 1.29 is 5.21 Å². The maximum atomic E-state index is 9.02. The molecule has 1 N–H and O–H groups in total. The number of hydrogen-bond donors (Lipinski definition) is 1. The average molecular weight is 216 g/mol. The number of rotatable bonds is 1. The summed E-state index contributed by atoms with van der Waals surface area (Å²) in [6, 6.07) is 0. The first-order valence-electron chi connectivity index (χ1n) is 4.66. The van der Waals surface area contributed by atoms with Gasteiger partial charge in [-0.25, -0.2) is 0 Å². The van der Waals surface area contributed by atoms with Gasteiger partial charge in [-0.05, 0) is 9.39 Å². The first kappa shape index (κ1) is 13.6. The van der Waals surface area contributed by atoms with Crippen LogP contribution in [-0.4, -0.2) is 16.6 Å². The molecule has 1 atom stereocenters. The minimum atomic E-state index is -0.197. The Morgan fingerprint density at radius 2 is 1.29 bits per heavy atom. The maximum absolute atomic E-state index is 9.02. The highest BCUT2D eigenvalue weighted by Crippen LogP contribution is 2.26. The molecule has 0 saturated heterocycles. The van der Waals surface area contributed by atoms with E-state index in [1.807, 2.05) is 41.5 Å². The van der Waals surface area contributed by atoms with Crippen LogP contribution >= 0.6 is 9.39 Å². The second-order valence-electron chi connectivity index (χ2n) is 5.43. The Bertz CT molecular complexity index is 228. The topological polar surface area (TPSA) is 45.0 Å². The third kappa shape index (κ3) is 3.38. The molecule has 0 saturated carbocycles. The molecule has 0 rings (SSSR count). The van der Waals surface area contributed by atoms with Gasteiger partial charge in [0.05, 0.1) is 5.71 Å². The van der Waals surface area contributed by atoms with Gasteiger partial charge in [-0.3, -0.25) is 4.76 Å². The van der Waals surface area contributed by atoms with Crippen molar-refractivity contribution in [1.82, 2.24) is 0 Å². The lowest BCUT2D eigenvalue weighted by atomic mass is 9.78. The van der Waals surface area contributed by atoms with E-state index in [0.29, 0.717) is 5.71 Å². The molecule has 0 radical (unpaired) electrons. The summed E-state index contributed by atoms with van der Waals surface area (Å²) >= 11 is 0. The van der Waals surface area contributed by atoms with E-state index < -0.39 is 0 Å². The van der Waals surface area contributed by atoms with Crippen molar-refractivity contribution in [2.45, 2.75) is 41.5 Å². The largest absolute Gasteiger partial charge is 0.411 e. The molecule has 0 fully saturated rings. The Hall–Kier alpha value is -0.430. The van der Waals surface area contributed by atoms with E-state index in [-0.39, 0.29) is 10.8 Å². The van der Waals surface area contributed by atoms with Crippen molar-refractivity contribution in [3.8, 4) is 0 Å². The Balaban J connectivity index is 5.27. The Morgan fingerprint density at radius 3 is 1.36 bits per heavy atom. The quantitative estimate of drug-likeness (QED) is 0.311. The monoisotopic (exact) mass is 216 g/mol. The van der Waals surface area contributed by atoms with Gasteiger partial charge in [0.2, 0.25) is 0 Å². The predicted molar refractivity (Wildman–Crippen MR) is 65.3 cm³/mol. The lowest BCUT2D eigenvalue weighted by Crippen LogP contribution is -2.36. The van der Waals surface area contributed by atoms with Crippen molar-refractivity contribution in [2.24, 2.45) is 20.7 Å². The third-order valence-corrected chi connectivity index (χ3v) is 2.13. The summed E-state index contributed by atoms with van der Waals surface area (Å²) in [5, 5.41) is 12.4. The molecule has 3 nitrogen and oxygen atoms in total. The second kappa shape index (κ2) is 4.39. The first-order chi connectivity index (χ1) is 6.14. The van der Waals surface area contributed by atoms with Gasteiger partial charge in [0, 0.05) is 10.8 Å². The van der Waals surface area contributed by atoms with Crippen LogP contribution in [0.15, 0.2) is 9.92 Å². The fourth-order valence-electron chi connectivity index (χ4n) is 1.16. The summed E-state index contributed by atoms with van der Waals surface area (Å²) in [5.74, 6) is 0. The van der Waals surface area contributed by atoms with Crippen LogP contribution in [-0.2, 0) is 0 Å². The molecule has 0 aromatic carbocycles. The van der Waals surface area contributed by atoms with Crippen molar-refractivity contribution in [1.29, 1.82) is 0 Å². The Labute approximate surface area is 88.9 Å². The van der Waals surface area contributed by atoms with Crippen molar-refractivity contribution in [3.05, 3.63) is 0 Å². The molecular weight excluding hydrogens is 195 g/mol. The number of hydrogen-bond acceptors (Lipinski definition) is 3. The molecule has 0 heterocycles. The van der Waals surface area contributed by atoms with Crippen LogP contribution in [0.4, 0.5) is 0 Å². The van der Waals surface area contributed by atoms with Crippen LogP contribution in [0.5, 0.6) is 0 Å². The molecule has 0 spiro atoms. The van der Waals surface area contributed by atoms with Crippen LogP contribution in [0.3, 0.4) is 0 Å². The smallest absolute Gasteiger partial charge is 0.107 e. The standard InChI is InChI=1S/C10H21N2OP/c1-9(2,3)7(11-13)8(12-14)10(4,5)6/h13H,14H2,1-6H3/b11-7-,12-8+. The minimum Gasteiger partial charge on any atom is -0.411 e. The summed E-state index contributed by atoms with van der Waals surface area (Å²) < 4.78 is 4.14. The highest BCUT2D eigenvalue weighted by atomic mass is 31.0. The zero-order chi connectivity index (χ0) is 11.6. The lowest BCUT2D eigenvalue weighted by Gasteiger charge is -2.28. The van der Waals surface area contributed by atoms with Crippen LogP contribution in [0.25, 0.3) is 0 Å². The molecule has 1 unspecified atom stereocenters. The molecule has 0 aromatic heterocycles. The van der Waals surface area contributed by atoms with Gasteiger partial charge in [0.1, 0.15) is 5.71 Å². The Kier molecular flexibility index (Phi) is 4.26. The summed E-state index contributed by atoms with van der Waals surface area (Å²) in [6.07, 6.45) is 0. The van der Waals surface area contributed by atoms with Crippen molar-refractivity contribution >= 4 is 20.8 Å². The highest BCUT2D eigenvalue weighted by Gasteiger charge is 2.31. The number of nitrogens with zero attached hydrogens (tertiary/aromatic N) is 2. The highest BCUT2D eigenvalue weighted by molar-refractivity contribution is 7.15. The van der Waals surface area contributed by atoms with E-state index in [0.717, 1.165) is 5.71 Å². The average Bonchev–Trinajstić information content (AvgIpc) is 1.94. The van der Waals surface area contributed by atoms with Gasteiger partial charge in [0.15, 0.2) is 0 Å². The Morgan fingerprint density at radius 1 is 0.929 bits per heavy atom. The van der Waals surface area contributed by atoms with E-state index >= 15 is 0 Å². The molecule has 0 amide bonds. The zero-order valence-electron chi connectivity index (χ0n) is 9.92. The molecule has 0 aromatic rings. The summed E-state index contributed by atoms with van der Waals surface area (Å²) in [5.41, 5.74) is 1.14. The van der Waals surface area contributed by atoms with Gasteiger partial charge in [-0.2, -0.15) is 0 Å². The molecule has 14 heavy (non-hydrogen) atoms. The van der Waals surface area contributed by atoms with Gasteiger partial charge in [-0.1, -0.05) is 46.7 Å². The summed E-state index contributed by atoms with van der Waals surface area (Å²) in [4.78, 5) is 0. The maximum Gasteiger partial charge on any atom is 0.107 e. The normalized spacial score (nSPS) is 15.9. The van der Waals surface area contributed by atoms with Gasteiger partial charge in [0.25, 0.3) is 0 Å². The molecule has 0 bridgehead atoms. The van der Waals surface area contributed by atoms with Crippen LogP contribution in [0, 0.1) is 10.8 Å². The molecule has 0 aliphatic carbocycles. The predicted octanol–water partition coefficient (Wildman–Crippen LogP) is 3.14. The lowest BCUT2D eigenvalue weighted by molar-refractivity contribution is 0.312. The van der Waals surface area contributed by atoms with E-state index in [4.69, 9.17) is 5.21 Å². The van der Waals surface area contributed by atoms with Gasteiger partial charge in [-0.15, -0.1) is 0 Å². The first-order valence-corrected chi connectivity index (χ1v) is 5.17. The third-order valence-electron chi connectivity index (χ3n) is 1.87. The van der Waals surface area contributed by atoms with Crippen molar-refractivity contribution in [3.63, 3.8) is 0 Å². The van der Waals surface area contributed by atoms with E-state index in [9.17, 15) is 0 Å². The fraction of sp³-hybridized carbons (Fsp3) is 0.800. The summed E-state index contributed by atoms with van der Waals surface area (Å²) in [7, 11) is 2.33. The molecule has 4 heteroatoms. The zero-order valence-corrected chi connectivity index (χ0v) is 11.1. The van der Waals surface area contributed by atoms with Crippen LogP contribution < -0.4 is 0 Å². The number of oxime groups is 1. The molecule has 0 aliphatic rings. The molecule has 82 valence electrons. The van der Waals surface area contributed by atoms with Gasteiger partial charge >= 0.3 is 0 Å². The fourth-order valence-corrected chi connectivity index (χ4v) is 1.67. The second-order valence-corrected chi connectivity index (χ2v) is 5.68. The van der Waals surface area contributed by atoms with Crippen LogP contribution in [0.2, 0.25) is 0 Å². The molecule has 0 aliphatic heterocycles. The summed E-state index contributed by atoms with van der Waals surface area (Å²) in [6.45, 7) is 12.2. The SMILES string of the molecule is CC(C)(C)C(=N/P)/C(=N/O)C(C)(C)C.